The normalized spacial score (nSPS) is 10.7. The molecule has 2 rings (SSSR count). The van der Waals surface area contributed by atoms with Gasteiger partial charge in [0.05, 0.1) is 12.1 Å². The average Bonchev–Trinajstić information content (AvgIpc) is 2.45. The van der Waals surface area contributed by atoms with Gasteiger partial charge in [0.1, 0.15) is 18.2 Å². The van der Waals surface area contributed by atoms with Gasteiger partial charge in [0, 0.05) is 12.0 Å². The van der Waals surface area contributed by atoms with Gasteiger partial charge in [0.2, 0.25) is 5.88 Å². The van der Waals surface area contributed by atoms with Crippen molar-refractivity contribution in [2.45, 2.75) is 13.8 Å². The predicted molar refractivity (Wildman–Crippen MR) is 77.6 cm³/mol. The minimum atomic E-state index is 0.374. The van der Waals surface area contributed by atoms with Crippen LogP contribution in [-0.4, -0.2) is 24.8 Å². The summed E-state index contributed by atoms with van der Waals surface area (Å²) in [6.07, 6.45) is 0. The van der Waals surface area contributed by atoms with Crippen LogP contribution in [0.3, 0.4) is 0 Å². The van der Waals surface area contributed by atoms with E-state index in [4.69, 9.17) is 14.7 Å². The third-order valence-electron chi connectivity index (χ3n) is 2.73. The van der Waals surface area contributed by atoms with Crippen molar-refractivity contribution in [1.29, 1.82) is 5.26 Å². The van der Waals surface area contributed by atoms with E-state index in [-0.39, 0.29) is 0 Å². The van der Waals surface area contributed by atoms with Crippen molar-refractivity contribution in [2.75, 3.05) is 19.8 Å². The second-order valence-electron chi connectivity index (χ2n) is 4.96. The summed E-state index contributed by atoms with van der Waals surface area (Å²) in [5.41, 5.74) is 1.28. The molecule has 0 N–H and O–H groups in total. The van der Waals surface area contributed by atoms with Gasteiger partial charge in [-0.25, -0.2) is 4.98 Å². The molecule has 0 amide bonds. The van der Waals surface area contributed by atoms with Crippen LogP contribution in [0.5, 0.6) is 5.88 Å². The molecule has 1 aromatic carbocycles. The molecule has 2 aromatic rings. The van der Waals surface area contributed by atoms with Crippen LogP contribution in [0.4, 0.5) is 0 Å². The molecule has 104 valence electrons. The number of aromatic nitrogens is 1. The van der Waals surface area contributed by atoms with Crippen LogP contribution in [0.1, 0.15) is 19.4 Å². The van der Waals surface area contributed by atoms with E-state index in [0.29, 0.717) is 37.2 Å². The number of hydrogen-bond donors (Lipinski definition) is 0. The maximum Gasteiger partial charge on any atom is 0.232 e. The van der Waals surface area contributed by atoms with Crippen molar-refractivity contribution < 1.29 is 9.47 Å². The summed E-state index contributed by atoms with van der Waals surface area (Å²) >= 11 is 0. The summed E-state index contributed by atoms with van der Waals surface area (Å²) in [5, 5.41) is 10.1. The fourth-order valence-electron chi connectivity index (χ4n) is 1.80. The second-order valence-corrected chi connectivity index (χ2v) is 4.96. The van der Waals surface area contributed by atoms with Gasteiger partial charge in [0.15, 0.2) is 0 Å². The van der Waals surface area contributed by atoms with E-state index in [0.717, 1.165) is 10.9 Å². The zero-order chi connectivity index (χ0) is 14.4. The molecule has 0 bridgehead atoms. The molecular formula is C16H18N2O2. The Balaban J connectivity index is 2.03. The number of nitriles is 1. The van der Waals surface area contributed by atoms with Gasteiger partial charge in [0.25, 0.3) is 0 Å². The molecule has 0 aliphatic rings. The number of hydrogen-bond acceptors (Lipinski definition) is 4. The summed E-state index contributed by atoms with van der Waals surface area (Å²) in [6.45, 7) is 5.79. The lowest BCUT2D eigenvalue weighted by Gasteiger charge is -2.09. The minimum Gasteiger partial charge on any atom is -0.474 e. The van der Waals surface area contributed by atoms with E-state index in [1.807, 2.05) is 24.3 Å². The minimum absolute atomic E-state index is 0.374. The van der Waals surface area contributed by atoms with E-state index in [9.17, 15) is 0 Å². The summed E-state index contributed by atoms with van der Waals surface area (Å²) < 4.78 is 11.0. The predicted octanol–water partition coefficient (Wildman–Crippen LogP) is 3.16. The molecule has 0 fully saturated rings. The van der Waals surface area contributed by atoms with E-state index in [1.165, 1.54) is 0 Å². The summed E-state index contributed by atoms with van der Waals surface area (Å²) in [6, 6.07) is 11.6. The smallest absolute Gasteiger partial charge is 0.232 e. The molecule has 20 heavy (non-hydrogen) atoms. The van der Waals surface area contributed by atoms with Gasteiger partial charge in [-0.05, 0) is 18.1 Å². The third kappa shape index (κ3) is 3.69. The summed E-state index contributed by atoms with van der Waals surface area (Å²) in [7, 11) is 0. The standard InChI is InChI=1S/C16H18N2O2/c1-12(2)11-19-7-8-20-16-14(10-17)9-13-5-3-4-6-15(13)18-16/h3-6,9,12H,7-8,11H2,1-2H3. The van der Waals surface area contributed by atoms with Gasteiger partial charge in [-0.1, -0.05) is 32.0 Å². The zero-order valence-electron chi connectivity index (χ0n) is 11.8. The summed E-state index contributed by atoms with van der Waals surface area (Å²) in [4.78, 5) is 4.38. The van der Waals surface area contributed by atoms with Crippen LogP contribution >= 0.6 is 0 Å². The monoisotopic (exact) mass is 270 g/mol. The van der Waals surface area contributed by atoms with Gasteiger partial charge >= 0.3 is 0 Å². The highest BCUT2D eigenvalue weighted by molar-refractivity contribution is 5.80. The van der Waals surface area contributed by atoms with Gasteiger partial charge in [-0.15, -0.1) is 0 Å². The van der Waals surface area contributed by atoms with Crippen molar-refractivity contribution in [3.63, 3.8) is 0 Å². The van der Waals surface area contributed by atoms with Gasteiger partial charge < -0.3 is 9.47 Å². The maximum atomic E-state index is 9.15. The first-order valence-corrected chi connectivity index (χ1v) is 6.71. The van der Waals surface area contributed by atoms with Crippen LogP contribution < -0.4 is 4.74 Å². The Labute approximate surface area is 119 Å². The quantitative estimate of drug-likeness (QED) is 0.757. The molecule has 0 unspecified atom stereocenters. The number of pyridine rings is 1. The number of para-hydroxylation sites is 1. The van der Waals surface area contributed by atoms with Crippen LogP contribution in [0, 0.1) is 17.2 Å². The highest BCUT2D eigenvalue weighted by Crippen LogP contribution is 2.21. The highest BCUT2D eigenvalue weighted by Gasteiger charge is 2.07. The Bertz CT molecular complexity index is 617. The van der Waals surface area contributed by atoms with Crippen molar-refractivity contribution in [2.24, 2.45) is 5.92 Å². The first-order valence-electron chi connectivity index (χ1n) is 6.71. The van der Waals surface area contributed by atoms with Crippen LogP contribution in [0.15, 0.2) is 30.3 Å². The molecule has 4 heteroatoms. The van der Waals surface area contributed by atoms with Crippen LogP contribution in [0.25, 0.3) is 10.9 Å². The first kappa shape index (κ1) is 14.3. The molecule has 0 saturated heterocycles. The molecule has 0 radical (unpaired) electrons. The molecular weight excluding hydrogens is 252 g/mol. The molecule has 4 nitrogen and oxygen atoms in total. The SMILES string of the molecule is CC(C)COCCOc1nc2ccccc2cc1C#N. The molecule has 1 heterocycles. The number of nitrogens with zero attached hydrogens (tertiary/aromatic N) is 2. The molecule has 0 saturated carbocycles. The van der Waals surface area contributed by atoms with Crippen molar-refractivity contribution in [1.82, 2.24) is 4.98 Å². The van der Waals surface area contributed by atoms with Crippen molar-refractivity contribution >= 4 is 10.9 Å². The van der Waals surface area contributed by atoms with Gasteiger partial charge in [-0.2, -0.15) is 5.26 Å². The average molecular weight is 270 g/mol. The number of ether oxygens (including phenoxy) is 2. The lowest BCUT2D eigenvalue weighted by atomic mass is 10.1. The van der Waals surface area contributed by atoms with Gasteiger partial charge in [-0.3, -0.25) is 0 Å². The lowest BCUT2D eigenvalue weighted by molar-refractivity contribution is 0.0806. The number of benzene rings is 1. The maximum absolute atomic E-state index is 9.15. The number of rotatable bonds is 6. The summed E-state index contributed by atoms with van der Waals surface area (Å²) in [5.74, 6) is 0.878. The van der Waals surface area contributed by atoms with Crippen LogP contribution in [0.2, 0.25) is 0 Å². The van der Waals surface area contributed by atoms with Crippen LogP contribution in [-0.2, 0) is 4.74 Å². The largest absolute Gasteiger partial charge is 0.474 e. The molecule has 0 aliphatic carbocycles. The molecule has 0 aliphatic heterocycles. The Morgan fingerprint density at radius 2 is 2.05 bits per heavy atom. The highest BCUT2D eigenvalue weighted by atomic mass is 16.5. The van der Waals surface area contributed by atoms with E-state index in [1.54, 1.807) is 6.07 Å². The molecule has 0 spiro atoms. The first-order chi connectivity index (χ1) is 9.70. The zero-order valence-corrected chi connectivity index (χ0v) is 11.8. The number of fused-ring (bicyclic) bond motifs is 1. The fraction of sp³-hybridized carbons (Fsp3) is 0.375. The van der Waals surface area contributed by atoms with E-state index in [2.05, 4.69) is 24.9 Å². The lowest BCUT2D eigenvalue weighted by Crippen LogP contribution is -2.11. The Hall–Kier alpha value is -2.12. The molecule has 0 atom stereocenters. The van der Waals surface area contributed by atoms with Crippen molar-refractivity contribution in [3.8, 4) is 11.9 Å². The third-order valence-corrected chi connectivity index (χ3v) is 2.73. The Kier molecular flexibility index (Phi) is 4.91. The Morgan fingerprint density at radius 1 is 1.25 bits per heavy atom. The fourth-order valence-corrected chi connectivity index (χ4v) is 1.80. The molecule has 1 aromatic heterocycles. The topological polar surface area (TPSA) is 55.1 Å². The van der Waals surface area contributed by atoms with E-state index < -0.39 is 0 Å². The van der Waals surface area contributed by atoms with E-state index >= 15 is 0 Å². The second kappa shape index (κ2) is 6.88. The Morgan fingerprint density at radius 3 is 2.80 bits per heavy atom. The van der Waals surface area contributed by atoms with Crippen molar-refractivity contribution in [3.05, 3.63) is 35.9 Å².